The van der Waals surface area contributed by atoms with Crippen molar-refractivity contribution in [2.75, 3.05) is 5.32 Å². The normalized spacial score (nSPS) is 10.2. The smallest absolute Gasteiger partial charge is 0.272 e. The first-order valence-electron chi connectivity index (χ1n) is 4.70. The van der Waals surface area contributed by atoms with Gasteiger partial charge in [0.05, 0.1) is 10.7 Å². The molecule has 0 aliphatic carbocycles. The van der Waals surface area contributed by atoms with Crippen LogP contribution in [0, 0.1) is 5.82 Å². The average molecular weight is 255 g/mol. The minimum absolute atomic E-state index is 0.0153. The van der Waals surface area contributed by atoms with Crippen LogP contribution in [0.3, 0.4) is 0 Å². The van der Waals surface area contributed by atoms with E-state index in [1.807, 2.05) is 0 Å². The number of phenols is 1. The molecule has 1 amide bonds. The second kappa shape index (κ2) is 4.47. The van der Waals surface area contributed by atoms with E-state index in [-0.39, 0.29) is 17.1 Å². The summed E-state index contributed by atoms with van der Waals surface area (Å²) in [5.74, 6) is -1.43. The van der Waals surface area contributed by atoms with Gasteiger partial charge in [-0.1, -0.05) is 11.6 Å². The number of hydrogen-bond acceptors (Lipinski definition) is 2. The largest absolute Gasteiger partial charge is 0.508 e. The van der Waals surface area contributed by atoms with Crippen LogP contribution in [0.15, 0.2) is 30.5 Å². The molecule has 0 spiro atoms. The molecule has 0 saturated heterocycles. The van der Waals surface area contributed by atoms with Gasteiger partial charge in [-0.25, -0.2) is 4.39 Å². The molecule has 0 bridgehead atoms. The Balaban J connectivity index is 2.18. The van der Waals surface area contributed by atoms with Crippen molar-refractivity contribution in [3.8, 4) is 5.75 Å². The lowest BCUT2D eigenvalue weighted by atomic mass is 10.2. The summed E-state index contributed by atoms with van der Waals surface area (Å²) in [4.78, 5) is 14.3. The molecular formula is C11H8ClFN2O2. The van der Waals surface area contributed by atoms with Crippen molar-refractivity contribution in [2.24, 2.45) is 0 Å². The van der Waals surface area contributed by atoms with Gasteiger partial charge >= 0.3 is 0 Å². The number of hydrogen-bond donors (Lipinski definition) is 3. The molecule has 0 aliphatic heterocycles. The molecule has 1 aromatic heterocycles. The quantitative estimate of drug-likeness (QED) is 0.722. The number of rotatable bonds is 2. The van der Waals surface area contributed by atoms with E-state index in [2.05, 4.69) is 10.3 Å². The van der Waals surface area contributed by atoms with Crippen LogP contribution in [-0.4, -0.2) is 16.0 Å². The molecule has 0 fully saturated rings. The van der Waals surface area contributed by atoms with E-state index in [4.69, 9.17) is 16.7 Å². The lowest BCUT2D eigenvalue weighted by Gasteiger charge is -2.05. The maximum absolute atomic E-state index is 13.3. The zero-order valence-corrected chi connectivity index (χ0v) is 9.25. The molecule has 2 aromatic rings. The van der Waals surface area contributed by atoms with Crippen LogP contribution in [0.5, 0.6) is 5.75 Å². The highest BCUT2D eigenvalue weighted by atomic mass is 35.5. The lowest BCUT2D eigenvalue weighted by Crippen LogP contribution is -2.13. The van der Waals surface area contributed by atoms with Gasteiger partial charge in [-0.2, -0.15) is 0 Å². The number of carbonyl (C=O) groups is 1. The van der Waals surface area contributed by atoms with Crippen molar-refractivity contribution in [2.45, 2.75) is 0 Å². The van der Waals surface area contributed by atoms with Crippen molar-refractivity contribution >= 4 is 23.2 Å². The van der Waals surface area contributed by atoms with Gasteiger partial charge in [0.25, 0.3) is 5.91 Å². The summed E-state index contributed by atoms with van der Waals surface area (Å²) < 4.78 is 13.3. The Hall–Kier alpha value is -2.01. The number of halogens is 2. The van der Waals surface area contributed by atoms with Crippen LogP contribution in [0.1, 0.15) is 10.5 Å². The molecule has 1 aromatic carbocycles. The van der Waals surface area contributed by atoms with Crippen molar-refractivity contribution < 1.29 is 14.3 Å². The topological polar surface area (TPSA) is 65.1 Å². The first kappa shape index (κ1) is 11.5. The summed E-state index contributed by atoms with van der Waals surface area (Å²) in [6, 6.07) is 4.89. The molecule has 0 atom stereocenters. The molecular weight excluding hydrogens is 247 g/mol. The predicted octanol–water partition coefficient (Wildman–Crippen LogP) is 2.77. The third kappa shape index (κ3) is 2.57. The van der Waals surface area contributed by atoms with E-state index < -0.39 is 11.7 Å². The molecule has 2 rings (SSSR count). The molecule has 0 radical (unpaired) electrons. The molecule has 1 heterocycles. The number of anilines is 1. The van der Waals surface area contributed by atoms with Crippen LogP contribution in [-0.2, 0) is 0 Å². The summed E-state index contributed by atoms with van der Waals surface area (Å²) in [5, 5.41) is 11.8. The number of aromatic hydroxyl groups is 1. The van der Waals surface area contributed by atoms with Gasteiger partial charge in [0.2, 0.25) is 0 Å². The van der Waals surface area contributed by atoms with Crippen molar-refractivity contribution in [3.05, 3.63) is 47.0 Å². The molecule has 4 nitrogen and oxygen atoms in total. The van der Waals surface area contributed by atoms with Crippen LogP contribution < -0.4 is 5.32 Å². The Bertz CT molecular complexity index is 568. The average Bonchev–Trinajstić information content (AvgIpc) is 2.69. The summed E-state index contributed by atoms with van der Waals surface area (Å²) in [6.07, 6.45) is 1.45. The molecule has 0 unspecified atom stereocenters. The fraction of sp³-hybridized carbons (Fsp3) is 0. The first-order valence-corrected chi connectivity index (χ1v) is 5.08. The maximum Gasteiger partial charge on any atom is 0.272 e. The number of aromatic amines is 1. The third-order valence-corrected chi connectivity index (χ3v) is 2.31. The zero-order chi connectivity index (χ0) is 12.4. The Kier molecular flexibility index (Phi) is 3.01. The highest BCUT2D eigenvalue weighted by molar-refractivity contribution is 6.31. The van der Waals surface area contributed by atoms with E-state index >= 15 is 0 Å². The highest BCUT2D eigenvalue weighted by Crippen LogP contribution is 2.20. The SMILES string of the molecule is O=C(Nc1ccc(O)cc1F)c1cc(Cl)c[nH]1. The van der Waals surface area contributed by atoms with Gasteiger partial charge in [-0.05, 0) is 18.2 Å². The summed E-state index contributed by atoms with van der Waals surface area (Å²) in [5.41, 5.74) is 0.209. The number of benzene rings is 1. The standard InChI is InChI=1S/C11H8ClFN2O2/c12-6-3-10(14-5-6)11(17)15-9-2-1-7(16)4-8(9)13/h1-5,14,16H,(H,15,17). The predicted molar refractivity (Wildman–Crippen MR) is 61.8 cm³/mol. The van der Waals surface area contributed by atoms with Crippen molar-refractivity contribution in [3.63, 3.8) is 0 Å². The summed E-state index contributed by atoms with van der Waals surface area (Å²) >= 11 is 5.64. The van der Waals surface area contributed by atoms with Crippen LogP contribution >= 0.6 is 11.6 Å². The van der Waals surface area contributed by atoms with Crippen molar-refractivity contribution in [1.29, 1.82) is 0 Å². The first-order chi connectivity index (χ1) is 8.06. The van der Waals surface area contributed by atoms with Gasteiger partial charge in [0.1, 0.15) is 17.3 Å². The van der Waals surface area contributed by atoms with E-state index in [9.17, 15) is 9.18 Å². The monoisotopic (exact) mass is 254 g/mol. The second-order valence-electron chi connectivity index (χ2n) is 3.35. The van der Waals surface area contributed by atoms with Gasteiger partial charge in [0, 0.05) is 12.3 Å². The number of phenolic OH excluding ortho intramolecular Hbond substituents is 1. The molecule has 88 valence electrons. The maximum atomic E-state index is 13.3. The van der Waals surface area contributed by atoms with Gasteiger partial charge < -0.3 is 15.4 Å². The summed E-state index contributed by atoms with van der Waals surface area (Å²) in [6.45, 7) is 0. The van der Waals surface area contributed by atoms with Crippen LogP contribution in [0.25, 0.3) is 0 Å². The third-order valence-electron chi connectivity index (χ3n) is 2.09. The van der Waals surface area contributed by atoms with Crippen LogP contribution in [0.4, 0.5) is 10.1 Å². The number of carbonyl (C=O) groups excluding carboxylic acids is 1. The second-order valence-corrected chi connectivity index (χ2v) is 3.79. The number of nitrogens with one attached hydrogen (secondary N) is 2. The molecule has 3 N–H and O–H groups in total. The van der Waals surface area contributed by atoms with Crippen LogP contribution in [0.2, 0.25) is 5.02 Å². The van der Waals surface area contributed by atoms with E-state index in [0.29, 0.717) is 5.02 Å². The van der Waals surface area contributed by atoms with Gasteiger partial charge in [-0.15, -0.1) is 0 Å². The summed E-state index contributed by atoms with van der Waals surface area (Å²) in [7, 11) is 0. The highest BCUT2D eigenvalue weighted by Gasteiger charge is 2.11. The Morgan fingerprint density at radius 2 is 2.18 bits per heavy atom. The minimum Gasteiger partial charge on any atom is -0.508 e. The minimum atomic E-state index is -0.712. The molecule has 0 saturated carbocycles. The Morgan fingerprint density at radius 3 is 2.76 bits per heavy atom. The Labute approximate surface area is 101 Å². The zero-order valence-electron chi connectivity index (χ0n) is 8.50. The van der Waals surface area contributed by atoms with E-state index in [1.165, 1.54) is 24.4 Å². The molecule has 0 aliphatic rings. The fourth-order valence-electron chi connectivity index (χ4n) is 1.29. The van der Waals surface area contributed by atoms with Gasteiger partial charge in [0.15, 0.2) is 0 Å². The molecule has 6 heteroatoms. The van der Waals surface area contributed by atoms with E-state index in [0.717, 1.165) is 6.07 Å². The van der Waals surface area contributed by atoms with Crippen molar-refractivity contribution in [1.82, 2.24) is 4.98 Å². The molecule has 17 heavy (non-hydrogen) atoms. The van der Waals surface area contributed by atoms with E-state index in [1.54, 1.807) is 0 Å². The lowest BCUT2D eigenvalue weighted by molar-refractivity contribution is 0.102. The number of H-pyrrole nitrogens is 1. The number of amides is 1. The van der Waals surface area contributed by atoms with Gasteiger partial charge in [-0.3, -0.25) is 4.79 Å². The Morgan fingerprint density at radius 1 is 1.41 bits per heavy atom. The number of aromatic nitrogens is 1. The fourth-order valence-corrected chi connectivity index (χ4v) is 1.46.